The predicted molar refractivity (Wildman–Crippen MR) is 111 cm³/mol. The molecule has 0 fully saturated rings. The molecule has 0 spiro atoms. The zero-order valence-electron chi connectivity index (χ0n) is 17.0. The SMILES string of the molecule is COc1ccccc1OCc1ccc(C(=O)OCc2cc(=O)n3cc(C)ccc3n2)o1. The molecule has 0 aliphatic rings. The van der Waals surface area contributed by atoms with Gasteiger partial charge in [0.25, 0.3) is 5.56 Å². The van der Waals surface area contributed by atoms with Gasteiger partial charge in [-0.3, -0.25) is 9.20 Å². The minimum absolute atomic E-state index is 0.0340. The van der Waals surface area contributed by atoms with Crippen molar-refractivity contribution < 1.29 is 23.4 Å². The van der Waals surface area contributed by atoms with Crippen LogP contribution in [-0.4, -0.2) is 22.5 Å². The van der Waals surface area contributed by atoms with Crippen molar-refractivity contribution in [3.8, 4) is 11.5 Å². The van der Waals surface area contributed by atoms with E-state index in [0.29, 0.717) is 28.6 Å². The molecule has 3 heterocycles. The van der Waals surface area contributed by atoms with E-state index in [1.54, 1.807) is 37.6 Å². The predicted octanol–water partition coefficient (Wildman–Crippen LogP) is 3.54. The number of para-hydroxylation sites is 2. The van der Waals surface area contributed by atoms with Gasteiger partial charge in [0.15, 0.2) is 11.5 Å². The molecule has 4 aromatic rings. The maximum Gasteiger partial charge on any atom is 0.374 e. The monoisotopic (exact) mass is 420 g/mol. The molecular formula is C23H20N2O6. The van der Waals surface area contributed by atoms with Crippen LogP contribution in [0.1, 0.15) is 27.6 Å². The number of carbonyl (C=O) groups excluding carboxylic acids is 1. The first-order chi connectivity index (χ1) is 15.0. The third-order valence-electron chi connectivity index (χ3n) is 4.51. The molecule has 3 aromatic heterocycles. The van der Waals surface area contributed by atoms with E-state index in [9.17, 15) is 9.59 Å². The summed E-state index contributed by atoms with van der Waals surface area (Å²) in [5.41, 5.74) is 1.54. The van der Waals surface area contributed by atoms with E-state index in [2.05, 4.69) is 4.98 Å². The fourth-order valence-electron chi connectivity index (χ4n) is 2.99. The van der Waals surface area contributed by atoms with Crippen LogP contribution in [0.15, 0.2) is 70.0 Å². The first-order valence-corrected chi connectivity index (χ1v) is 9.54. The van der Waals surface area contributed by atoms with Gasteiger partial charge in [-0.15, -0.1) is 0 Å². The Kier molecular flexibility index (Phi) is 5.70. The van der Waals surface area contributed by atoms with E-state index >= 15 is 0 Å². The van der Waals surface area contributed by atoms with Gasteiger partial charge < -0.3 is 18.6 Å². The third kappa shape index (κ3) is 4.58. The summed E-state index contributed by atoms with van der Waals surface area (Å²) in [7, 11) is 1.56. The molecule has 4 rings (SSSR count). The lowest BCUT2D eigenvalue weighted by atomic mass is 10.3. The van der Waals surface area contributed by atoms with Crippen molar-refractivity contribution in [2.75, 3.05) is 7.11 Å². The number of furan rings is 1. The van der Waals surface area contributed by atoms with Gasteiger partial charge >= 0.3 is 5.97 Å². The van der Waals surface area contributed by atoms with Crippen molar-refractivity contribution in [2.45, 2.75) is 20.1 Å². The summed E-state index contributed by atoms with van der Waals surface area (Å²) in [6, 6.07) is 15.3. The van der Waals surface area contributed by atoms with Crippen LogP contribution >= 0.6 is 0 Å². The number of aryl methyl sites for hydroxylation is 1. The lowest BCUT2D eigenvalue weighted by molar-refractivity contribution is 0.0427. The molecule has 8 heteroatoms. The van der Waals surface area contributed by atoms with Crippen LogP contribution in [0.4, 0.5) is 0 Å². The fraction of sp³-hybridized carbons (Fsp3) is 0.174. The zero-order valence-corrected chi connectivity index (χ0v) is 17.0. The van der Waals surface area contributed by atoms with Gasteiger partial charge in [-0.2, -0.15) is 0 Å². The smallest absolute Gasteiger partial charge is 0.374 e. The Balaban J connectivity index is 1.38. The van der Waals surface area contributed by atoms with E-state index < -0.39 is 5.97 Å². The van der Waals surface area contributed by atoms with Gasteiger partial charge in [-0.25, -0.2) is 9.78 Å². The van der Waals surface area contributed by atoms with E-state index in [-0.39, 0.29) is 24.5 Å². The van der Waals surface area contributed by atoms with Gasteiger partial charge in [0, 0.05) is 12.3 Å². The average Bonchev–Trinajstić information content (AvgIpc) is 3.26. The van der Waals surface area contributed by atoms with E-state index in [4.69, 9.17) is 18.6 Å². The fourth-order valence-corrected chi connectivity index (χ4v) is 2.99. The van der Waals surface area contributed by atoms with Gasteiger partial charge in [0.1, 0.15) is 24.6 Å². The van der Waals surface area contributed by atoms with Crippen LogP contribution in [0.3, 0.4) is 0 Å². The number of nitrogens with zero attached hydrogens (tertiary/aromatic N) is 2. The molecule has 0 aliphatic heterocycles. The number of fused-ring (bicyclic) bond motifs is 1. The van der Waals surface area contributed by atoms with Gasteiger partial charge in [-0.05, 0) is 42.8 Å². The van der Waals surface area contributed by atoms with Crippen LogP contribution in [0, 0.1) is 6.92 Å². The highest BCUT2D eigenvalue weighted by molar-refractivity contribution is 5.86. The molecule has 0 bridgehead atoms. The van der Waals surface area contributed by atoms with E-state index in [1.165, 1.54) is 16.5 Å². The number of esters is 1. The quantitative estimate of drug-likeness (QED) is 0.422. The lowest BCUT2D eigenvalue weighted by Gasteiger charge is -2.08. The van der Waals surface area contributed by atoms with Crippen molar-refractivity contribution in [1.82, 2.24) is 9.38 Å². The molecule has 0 saturated carbocycles. The Morgan fingerprint density at radius 3 is 2.68 bits per heavy atom. The summed E-state index contributed by atoms with van der Waals surface area (Å²) in [6.45, 7) is 1.86. The number of methoxy groups -OCH3 is 1. The Hall–Kier alpha value is -4.07. The summed E-state index contributed by atoms with van der Waals surface area (Å²) in [5, 5.41) is 0. The normalized spacial score (nSPS) is 10.8. The highest BCUT2D eigenvalue weighted by Gasteiger charge is 2.15. The van der Waals surface area contributed by atoms with Gasteiger partial charge in [-0.1, -0.05) is 18.2 Å². The Bertz CT molecular complexity index is 1290. The van der Waals surface area contributed by atoms with E-state index in [0.717, 1.165) is 5.56 Å². The summed E-state index contributed by atoms with van der Waals surface area (Å²) < 4.78 is 23.1. The van der Waals surface area contributed by atoms with Crippen molar-refractivity contribution in [3.63, 3.8) is 0 Å². The Morgan fingerprint density at radius 2 is 1.87 bits per heavy atom. The van der Waals surface area contributed by atoms with Crippen molar-refractivity contribution in [2.24, 2.45) is 0 Å². The molecule has 0 atom stereocenters. The first kappa shape index (κ1) is 20.2. The number of pyridine rings is 1. The zero-order chi connectivity index (χ0) is 21.8. The maximum absolute atomic E-state index is 12.3. The molecule has 8 nitrogen and oxygen atoms in total. The van der Waals surface area contributed by atoms with Gasteiger partial charge in [0.2, 0.25) is 5.76 Å². The molecule has 158 valence electrons. The number of hydrogen-bond donors (Lipinski definition) is 0. The van der Waals surface area contributed by atoms with Crippen LogP contribution in [0.2, 0.25) is 0 Å². The maximum atomic E-state index is 12.3. The second kappa shape index (κ2) is 8.74. The standard InChI is InChI=1S/C23H20N2O6/c1-15-7-10-21-24-16(11-22(26)25(21)12-15)13-30-23(27)20-9-8-17(31-20)14-29-19-6-4-3-5-18(19)28-2/h3-12H,13-14H2,1-2H3. The summed E-state index contributed by atoms with van der Waals surface area (Å²) >= 11 is 0. The Morgan fingerprint density at radius 1 is 1.06 bits per heavy atom. The minimum Gasteiger partial charge on any atom is -0.493 e. The first-order valence-electron chi connectivity index (χ1n) is 9.54. The van der Waals surface area contributed by atoms with Crippen LogP contribution < -0.4 is 15.0 Å². The number of carbonyl (C=O) groups is 1. The highest BCUT2D eigenvalue weighted by Crippen LogP contribution is 2.26. The summed E-state index contributed by atoms with van der Waals surface area (Å²) in [6.07, 6.45) is 1.71. The largest absolute Gasteiger partial charge is 0.493 e. The van der Waals surface area contributed by atoms with Crippen molar-refractivity contribution >= 4 is 11.6 Å². The minimum atomic E-state index is -0.658. The number of ether oxygens (including phenoxy) is 3. The van der Waals surface area contributed by atoms with Crippen molar-refractivity contribution in [1.29, 1.82) is 0 Å². The topological polar surface area (TPSA) is 92.3 Å². The number of aromatic nitrogens is 2. The van der Waals surface area contributed by atoms with Crippen molar-refractivity contribution in [3.05, 3.63) is 93.9 Å². The molecule has 0 aliphatic carbocycles. The molecule has 31 heavy (non-hydrogen) atoms. The number of rotatable bonds is 7. The highest BCUT2D eigenvalue weighted by atomic mass is 16.5. The third-order valence-corrected chi connectivity index (χ3v) is 4.51. The summed E-state index contributed by atoms with van der Waals surface area (Å²) in [5.74, 6) is 0.994. The second-order valence-corrected chi connectivity index (χ2v) is 6.80. The van der Waals surface area contributed by atoms with E-state index in [1.807, 2.05) is 25.1 Å². The van der Waals surface area contributed by atoms with Crippen LogP contribution in [-0.2, 0) is 18.0 Å². The van der Waals surface area contributed by atoms with Crippen LogP contribution in [0.25, 0.3) is 5.65 Å². The molecule has 0 saturated heterocycles. The van der Waals surface area contributed by atoms with Gasteiger partial charge in [0.05, 0.1) is 12.8 Å². The summed E-state index contributed by atoms with van der Waals surface area (Å²) in [4.78, 5) is 28.9. The molecular weight excluding hydrogens is 400 g/mol. The Labute approximate surface area is 177 Å². The molecule has 0 N–H and O–H groups in total. The molecule has 0 amide bonds. The second-order valence-electron chi connectivity index (χ2n) is 6.80. The molecule has 0 radical (unpaired) electrons. The molecule has 1 aromatic carbocycles. The molecule has 0 unspecified atom stereocenters. The van der Waals surface area contributed by atoms with Crippen LogP contribution in [0.5, 0.6) is 11.5 Å². The average molecular weight is 420 g/mol. The number of benzene rings is 1. The lowest BCUT2D eigenvalue weighted by Crippen LogP contribution is -2.16. The number of hydrogen-bond acceptors (Lipinski definition) is 7.